The zero-order chi connectivity index (χ0) is 15.9. The normalized spacial score (nSPS) is 12.4. The standard InChI is InChI=1S/C18H21NO4.ClH/c20-8-7-19-12-14-1-4-16(5-2-14)23-13-15-3-6-17-18(11-15)22-10-9-21-17;/h1-6,11,19-20H,7-10,12-13H2;1H. The molecule has 0 fully saturated rings. The topological polar surface area (TPSA) is 60.0 Å². The zero-order valence-electron chi connectivity index (χ0n) is 13.4. The monoisotopic (exact) mass is 351 g/mol. The number of hydrogen-bond donors (Lipinski definition) is 2. The number of nitrogens with one attached hydrogen (secondary N) is 1. The van der Waals surface area contributed by atoms with Gasteiger partial charge in [0.25, 0.3) is 0 Å². The Bertz CT molecular complexity index is 633. The molecule has 1 heterocycles. The van der Waals surface area contributed by atoms with Gasteiger partial charge in [0.15, 0.2) is 11.5 Å². The van der Waals surface area contributed by atoms with Crippen LogP contribution in [0.15, 0.2) is 42.5 Å². The second kappa shape index (κ2) is 9.37. The number of rotatable bonds is 7. The van der Waals surface area contributed by atoms with E-state index in [1.54, 1.807) is 0 Å². The van der Waals surface area contributed by atoms with Gasteiger partial charge in [-0.25, -0.2) is 0 Å². The van der Waals surface area contributed by atoms with Crippen LogP contribution < -0.4 is 19.5 Å². The lowest BCUT2D eigenvalue weighted by atomic mass is 10.2. The Labute approximate surface area is 148 Å². The Morgan fingerprint density at radius 3 is 2.42 bits per heavy atom. The van der Waals surface area contributed by atoms with E-state index in [0.29, 0.717) is 26.4 Å². The SMILES string of the molecule is Cl.OCCNCc1ccc(OCc2ccc3c(c2)OCCO3)cc1. The molecule has 6 heteroatoms. The van der Waals surface area contributed by atoms with Crippen LogP contribution in [-0.4, -0.2) is 31.5 Å². The van der Waals surface area contributed by atoms with Crippen molar-refractivity contribution in [3.05, 3.63) is 53.6 Å². The Kier molecular flexibility index (Phi) is 7.18. The molecule has 2 aromatic rings. The van der Waals surface area contributed by atoms with Crippen molar-refractivity contribution in [2.24, 2.45) is 0 Å². The van der Waals surface area contributed by atoms with Crippen LogP contribution >= 0.6 is 12.4 Å². The average molecular weight is 352 g/mol. The molecule has 0 radical (unpaired) electrons. The second-order valence-corrected chi connectivity index (χ2v) is 5.31. The molecular formula is C18H22ClNO4. The minimum Gasteiger partial charge on any atom is -0.489 e. The van der Waals surface area contributed by atoms with Gasteiger partial charge in [-0.15, -0.1) is 12.4 Å². The fraction of sp³-hybridized carbons (Fsp3) is 0.333. The van der Waals surface area contributed by atoms with E-state index in [9.17, 15) is 0 Å². The molecule has 0 atom stereocenters. The summed E-state index contributed by atoms with van der Waals surface area (Å²) in [6.07, 6.45) is 0. The molecule has 0 aliphatic carbocycles. The van der Waals surface area contributed by atoms with Gasteiger partial charge in [0, 0.05) is 13.1 Å². The lowest BCUT2D eigenvalue weighted by Crippen LogP contribution is -2.17. The van der Waals surface area contributed by atoms with Crippen LogP contribution in [0.3, 0.4) is 0 Å². The average Bonchev–Trinajstić information content (AvgIpc) is 2.61. The quantitative estimate of drug-likeness (QED) is 0.751. The number of halogens is 1. The molecule has 2 aromatic carbocycles. The molecule has 5 nitrogen and oxygen atoms in total. The van der Waals surface area contributed by atoms with E-state index in [4.69, 9.17) is 19.3 Å². The number of fused-ring (bicyclic) bond motifs is 1. The van der Waals surface area contributed by atoms with E-state index in [2.05, 4.69) is 5.32 Å². The van der Waals surface area contributed by atoms with Gasteiger partial charge in [0.05, 0.1) is 6.61 Å². The molecule has 0 aromatic heterocycles. The van der Waals surface area contributed by atoms with Gasteiger partial charge in [0.1, 0.15) is 25.6 Å². The molecule has 0 amide bonds. The van der Waals surface area contributed by atoms with Crippen molar-refractivity contribution in [2.45, 2.75) is 13.2 Å². The van der Waals surface area contributed by atoms with Crippen LogP contribution in [0.5, 0.6) is 17.2 Å². The fourth-order valence-electron chi connectivity index (χ4n) is 2.36. The maximum atomic E-state index is 8.74. The van der Waals surface area contributed by atoms with E-state index < -0.39 is 0 Å². The first-order valence-electron chi connectivity index (χ1n) is 7.77. The lowest BCUT2D eigenvalue weighted by molar-refractivity contribution is 0.171. The molecule has 1 aliphatic heterocycles. The van der Waals surface area contributed by atoms with Gasteiger partial charge in [-0.05, 0) is 35.4 Å². The van der Waals surface area contributed by atoms with Gasteiger partial charge in [-0.1, -0.05) is 18.2 Å². The molecule has 2 N–H and O–H groups in total. The minimum absolute atomic E-state index is 0. The van der Waals surface area contributed by atoms with Crippen LogP contribution in [-0.2, 0) is 13.2 Å². The van der Waals surface area contributed by atoms with Crippen molar-refractivity contribution in [3.63, 3.8) is 0 Å². The lowest BCUT2D eigenvalue weighted by Gasteiger charge is -2.19. The molecule has 130 valence electrons. The highest BCUT2D eigenvalue weighted by atomic mass is 35.5. The van der Waals surface area contributed by atoms with Gasteiger partial charge in [0.2, 0.25) is 0 Å². The predicted octanol–water partition coefficient (Wildman–Crippen LogP) is 2.54. The number of aliphatic hydroxyl groups excluding tert-OH is 1. The Morgan fingerprint density at radius 2 is 1.67 bits per heavy atom. The third-order valence-electron chi connectivity index (χ3n) is 3.55. The summed E-state index contributed by atoms with van der Waals surface area (Å²) in [5, 5.41) is 11.9. The Balaban J connectivity index is 0.00000208. The van der Waals surface area contributed by atoms with Crippen LogP contribution in [0.1, 0.15) is 11.1 Å². The molecule has 0 saturated heterocycles. The Morgan fingerprint density at radius 1 is 0.958 bits per heavy atom. The number of aliphatic hydroxyl groups is 1. The van der Waals surface area contributed by atoms with E-state index in [0.717, 1.165) is 34.9 Å². The van der Waals surface area contributed by atoms with Crippen LogP contribution in [0.2, 0.25) is 0 Å². The third kappa shape index (κ3) is 5.03. The third-order valence-corrected chi connectivity index (χ3v) is 3.55. The van der Waals surface area contributed by atoms with E-state index >= 15 is 0 Å². The summed E-state index contributed by atoms with van der Waals surface area (Å²) >= 11 is 0. The molecule has 1 aliphatic rings. The minimum atomic E-state index is 0. The summed E-state index contributed by atoms with van der Waals surface area (Å²) in [4.78, 5) is 0. The van der Waals surface area contributed by atoms with Gasteiger partial charge < -0.3 is 24.6 Å². The van der Waals surface area contributed by atoms with Crippen LogP contribution in [0.25, 0.3) is 0 Å². The number of ether oxygens (including phenoxy) is 3. The summed E-state index contributed by atoms with van der Waals surface area (Å²) in [5.74, 6) is 2.40. The first kappa shape index (κ1) is 18.4. The molecule has 0 spiro atoms. The highest BCUT2D eigenvalue weighted by molar-refractivity contribution is 5.85. The van der Waals surface area contributed by atoms with Crippen molar-refractivity contribution in [2.75, 3.05) is 26.4 Å². The summed E-state index contributed by atoms with van der Waals surface area (Å²) in [6.45, 7) is 3.16. The maximum absolute atomic E-state index is 8.74. The van der Waals surface area contributed by atoms with Gasteiger partial charge >= 0.3 is 0 Å². The highest BCUT2D eigenvalue weighted by Crippen LogP contribution is 2.31. The summed E-state index contributed by atoms with van der Waals surface area (Å²) < 4.78 is 16.9. The van der Waals surface area contributed by atoms with E-state index in [1.807, 2.05) is 42.5 Å². The molecule has 24 heavy (non-hydrogen) atoms. The summed E-state index contributed by atoms with van der Waals surface area (Å²) in [5.41, 5.74) is 2.20. The molecule has 3 rings (SSSR count). The second-order valence-electron chi connectivity index (χ2n) is 5.31. The van der Waals surface area contributed by atoms with Crippen molar-refractivity contribution in [1.29, 1.82) is 0 Å². The maximum Gasteiger partial charge on any atom is 0.161 e. The fourth-order valence-corrected chi connectivity index (χ4v) is 2.36. The van der Waals surface area contributed by atoms with Crippen molar-refractivity contribution in [3.8, 4) is 17.2 Å². The van der Waals surface area contributed by atoms with E-state index in [-0.39, 0.29) is 19.0 Å². The Hall–Kier alpha value is -1.95. The van der Waals surface area contributed by atoms with Gasteiger partial charge in [-0.2, -0.15) is 0 Å². The van der Waals surface area contributed by atoms with Crippen LogP contribution in [0.4, 0.5) is 0 Å². The highest BCUT2D eigenvalue weighted by Gasteiger charge is 2.11. The van der Waals surface area contributed by atoms with Crippen molar-refractivity contribution < 1.29 is 19.3 Å². The number of benzene rings is 2. The molecule has 0 saturated carbocycles. The van der Waals surface area contributed by atoms with Crippen molar-refractivity contribution >= 4 is 12.4 Å². The van der Waals surface area contributed by atoms with Crippen molar-refractivity contribution in [1.82, 2.24) is 5.32 Å². The molecular weight excluding hydrogens is 330 g/mol. The smallest absolute Gasteiger partial charge is 0.161 e. The molecule has 0 bridgehead atoms. The van der Waals surface area contributed by atoms with E-state index in [1.165, 1.54) is 0 Å². The summed E-state index contributed by atoms with van der Waals surface area (Å²) in [6, 6.07) is 13.8. The summed E-state index contributed by atoms with van der Waals surface area (Å²) in [7, 11) is 0. The zero-order valence-corrected chi connectivity index (χ0v) is 14.2. The largest absolute Gasteiger partial charge is 0.489 e. The molecule has 0 unspecified atom stereocenters. The number of hydrogen-bond acceptors (Lipinski definition) is 5. The first-order chi connectivity index (χ1) is 11.3. The van der Waals surface area contributed by atoms with Crippen LogP contribution in [0, 0.1) is 0 Å². The van der Waals surface area contributed by atoms with Gasteiger partial charge in [-0.3, -0.25) is 0 Å². The first-order valence-corrected chi connectivity index (χ1v) is 7.77. The predicted molar refractivity (Wildman–Crippen MR) is 94.2 cm³/mol.